The smallest absolute Gasteiger partial charge is 0.195 e. The number of benzene rings is 1. The molecule has 2 unspecified atom stereocenters. The number of aldehydes is 1. The Kier molecular flexibility index (Phi) is 10.8. The summed E-state index contributed by atoms with van der Waals surface area (Å²) in [7, 11) is 1.74. The van der Waals surface area contributed by atoms with Crippen LogP contribution in [0.2, 0.25) is 0 Å². The molecule has 1 radical (unpaired) electrons. The molecule has 5 nitrogen and oxygen atoms in total. The third kappa shape index (κ3) is 6.04. The predicted octanol–water partition coefficient (Wildman–Crippen LogP) is 2.74. The summed E-state index contributed by atoms with van der Waals surface area (Å²) in [5, 5.41) is 9.65. The number of hydrogen-bond acceptors (Lipinski definition) is 4. The van der Waals surface area contributed by atoms with Crippen molar-refractivity contribution >= 4 is 12.2 Å². The van der Waals surface area contributed by atoms with Gasteiger partial charge in [-0.1, -0.05) is 17.9 Å². The monoisotopic (exact) mass is 546 g/mol. The number of amides is 1. The van der Waals surface area contributed by atoms with E-state index in [0.29, 0.717) is 12.7 Å². The van der Waals surface area contributed by atoms with Crippen LogP contribution < -0.4 is 4.74 Å². The zero-order valence-electron chi connectivity index (χ0n) is 14.6. The first-order chi connectivity index (χ1) is 10.8. The third-order valence-corrected chi connectivity index (χ3v) is 3.99. The molecule has 0 heterocycles. The quantitative estimate of drug-likeness (QED) is 0.403. The van der Waals surface area contributed by atoms with Gasteiger partial charge in [0.25, 0.3) is 0 Å². The number of nitrogens with zero attached hydrogens (tertiary/aromatic N) is 1. The zero-order valence-corrected chi connectivity index (χ0v) is 19.3. The second-order valence-electron chi connectivity index (χ2n) is 5.82. The van der Waals surface area contributed by atoms with Crippen molar-refractivity contribution in [2.45, 2.75) is 26.3 Å². The average molecular weight is 546 g/mol. The van der Waals surface area contributed by atoms with E-state index in [9.17, 15) is 14.7 Å². The molecule has 6 heteroatoms. The van der Waals surface area contributed by atoms with E-state index < -0.39 is 5.92 Å². The fourth-order valence-corrected chi connectivity index (χ4v) is 2.09. The summed E-state index contributed by atoms with van der Waals surface area (Å²) in [6.45, 7) is 11.9. The minimum absolute atomic E-state index is 0. The van der Waals surface area contributed by atoms with Gasteiger partial charge in [0, 0.05) is 57.2 Å². The number of hydrogen-bond donors (Lipinski definition) is 1. The van der Waals surface area contributed by atoms with Gasteiger partial charge in [-0.25, -0.2) is 0 Å². The van der Waals surface area contributed by atoms with Crippen LogP contribution in [-0.2, 0) is 4.79 Å². The van der Waals surface area contributed by atoms with Gasteiger partial charge in [-0.05, 0) is 26.0 Å². The standard InChI is InChI=1S/C18H25NO4.Ac/c1-6-14(13(4)18(22)19(5)12(2)3)11-23-17-9-7-8-16(21)15(17)10-20;/h7-10,12-14,21H,1,4,6,11H2,2-3,5H3;/q-2;. The number of phenolic OH excluding ortho intramolecular Hbond substituents is 1. The van der Waals surface area contributed by atoms with Gasteiger partial charge in [0.1, 0.15) is 11.5 Å². The van der Waals surface area contributed by atoms with Gasteiger partial charge in [-0.2, -0.15) is 6.42 Å². The topological polar surface area (TPSA) is 66.8 Å². The van der Waals surface area contributed by atoms with Gasteiger partial charge in [0.15, 0.2) is 12.2 Å². The van der Waals surface area contributed by atoms with Crippen molar-refractivity contribution in [3.63, 3.8) is 0 Å². The van der Waals surface area contributed by atoms with E-state index in [0.717, 1.165) is 0 Å². The predicted molar refractivity (Wildman–Crippen MR) is 89.2 cm³/mol. The molecule has 1 amide bonds. The van der Waals surface area contributed by atoms with Gasteiger partial charge in [-0.3, -0.25) is 9.59 Å². The molecule has 24 heavy (non-hydrogen) atoms. The van der Waals surface area contributed by atoms with E-state index in [4.69, 9.17) is 4.74 Å². The van der Waals surface area contributed by atoms with E-state index in [1.54, 1.807) is 24.1 Å². The van der Waals surface area contributed by atoms with Gasteiger partial charge in [0.05, 0.1) is 12.2 Å². The first kappa shape index (κ1) is 23.4. The molecule has 0 aliphatic rings. The fourth-order valence-electron chi connectivity index (χ4n) is 2.09. The first-order valence-corrected chi connectivity index (χ1v) is 7.62. The molecular formula is C18H25AcNO4-2. The Labute approximate surface area is 180 Å². The Morgan fingerprint density at radius 1 is 1.42 bits per heavy atom. The van der Waals surface area contributed by atoms with Crippen LogP contribution in [0.4, 0.5) is 0 Å². The molecule has 2 atom stereocenters. The first-order valence-electron chi connectivity index (χ1n) is 7.62. The van der Waals surface area contributed by atoms with Crippen molar-refractivity contribution in [3.8, 4) is 11.5 Å². The van der Waals surface area contributed by atoms with E-state index in [-0.39, 0.29) is 85.6 Å². The van der Waals surface area contributed by atoms with E-state index in [1.165, 1.54) is 6.07 Å². The molecule has 0 aromatic heterocycles. The summed E-state index contributed by atoms with van der Waals surface area (Å²) in [5.41, 5.74) is 0.0987. The Morgan fingerprint density at radius 2 is 2.04 bits per heavy atom. The van der Waals surface area contributed by atoms with Gasteiger partial charge >= 0.3 is 0 Å². The zero-order chi connectivity index (χ0) is 17.6. The van der Waals surface area contributed by atoms with Crippen LogP contribution in [0, 0.1) is 69.7 Å². The number of phenols is 1. The molecule has 131 valence electrons. The maximum absolute atomic E-state index is 12.4. The van der Waals surface area contributed by atoms with Crippen LogP contribution in [0.1, 0.15) is 30.6 Å². The normalized spacial score (nSPS) is 12.9. The van der Waals surface area contributed by atoms with Crippen molar-refractivity contribution in [1.82, 2.24) is 4.90 Å². The Morgan fingerprint density at radius 3 is 2.54 bits per heavy atom. The van der Waals surface area contributed by atoms with E-state index >= 15 is 0 Å². The molecule has 0 fully saturated rings. The SMILES string of the molecule is [Ac].[CH2-]CC(COc1cccc(O)c1C=O)C([CH2-])C(=O)N(C)C(C)C. The van der Waals surface area contributed by atoms with Crippen LogP contribution in [0.15, 0.2) is 18.2 Å². The Bertz CT molecular complexity index is 548. The molecule has 0 aliphatic carbocycles. The third-order valence-electron chi connectivity index (χ3n) is 3.99. The molecule has 0 saturated carbocycles. The maximum Gasteiger partial charge on any atom is 0.195 e. The summed E-state index contributed by atoms with van der Waals surface area (Å²) in [6, 6.07) is 4.70. The summed E-state index contributed by atoms with van der Waals surface area (Å²) < 4.78 is 5.63. The summed E-state index contributed by atoms with van der Waals surface area (Å²) in [6.07, 6.45) is 1.02. The number of carbonyl (C=O) groups is 2. The minimum atomic E-state index is -0.489. The molecule has 0 bridgehead atoms. The summed E-state index contributed by atoms with van der Waals surface area (Å²) in [5.74, 6) is -0.591. The maximum atomic E-state index is 12.4. The van der Waals surface area contributed by atoms with Gasteiger partial charge in [-0.15, -0.1) is 0 Å². The number of carbonyl (C=O) groups excluding carboxylic acids is 2. The molecular weight excluding hydrogens is 521 g/mol. The largest absolute Gasteiger partial charge is 0.507 e. The number of aromatic hydroxyl groups is 1. The van der Waals surface area contributed by atoms with Crippen LogP contribution in [0.3, 0.4) is 0 Å². The molecule has 1 rings (SSSR count). The van der Waals surface area contributed by atoms with Crippen molar-refractivity contribution in [2.75, 3.05) is 13.7 Å². The molecule has 0 aliphatic heterocycles. The van der Waals surface area contributed by atoms with Crippen LogP contribution in [0.25, 0.3) is 0 Å². The van der Waals surface area contributed by atoms with E-state index in [1.807, 2.05) is 13.8 Å². The van der Waals surface area contributed by atoms with E-state index in [2.05, 4.69) is 13.8 Å². The van der Waals surface area contributed by atoms with Gasteiger partial charge in [0.2, 0.25) is 0 Å². The minimum Gasteiger partial charge on any atom is -0.507 e. The molecule has 1 N–H and O–H groups in total. The van der Waals surface area contributed by atoms with Crippen molar-refractivity contribution < 1.29 is 63.5 Å². The second-order valence-corrected chi connectivity index (χ2v) is 5.82. The average Bonchev–Trinajstić information content (AvgIpc) is 2.53. The van der Waals surface area contributed by atoms with Crippen molar-refractivity contribution in [1.29, 1.82) is 0 Å². The molecule has 1 aromatic rings. The Hall–Kier alpha value is -0.598. The van der Waals surface area contributed by atoms with Crippen molar-refractivity contribution in [2.24, 2.45) is 11.8 Å². The number of ether oxygens (including phenoxy) is 1. The van der Waals surface area contributed by atoms with Gasteiger partial charge < -0.3 is 28.6 Å². The van der Waals surface area contributed by atoms with Crippen molar-refractivity contribution in [3.05, 3.63) is 37.6 Å². The summed E-state index contributed by atoms with van der Waals surface area (Å²) in [4.78, 5) is 25.0. The summed E-state index contributed by atoms with van der Waals surface area (Å²) >= 11 is 0. The number of rotatable bonds is 8. The molecule has 0 spiro atoms. The fraction of sp³-hybridized carbons (Fsp3) is 0.444. The molecule has 1 aromatic carbocycles. The van der Waals surface area contributed by atoms with Crippen LogP contribution >= 0.6 is 0 Å². The second kappa shape index (κ2) is 11.1. The van der Waals surface area contributed by atoms with Crippen LogP contribution in [-0.4, -0.2) is 41.9 Å². The van der Waals surface area contributed by atoms with Crippen LogP contribution in [0.5, 0.6) is 11.5 Å². The Balaban J connectivity index is 0.00000529. The molecule has 0 saturated heterocycles.